The third kappa shape index (κ3) is 5.82. The largest absolute Gasteiger partial charge is 0.359 e. The lowest BCUT2D eigenvalue weighted by atomic mass is 10.2. The first kappa shape index (κ1) is 15.0. The van der Waals surface area contributed by atoms with E-state index in [9.17, 15) is 4.79 Å². The molecule has 1 heterocycles. The highest BCUT2D eigenvalue weighted by Gasteiger charge is 2.00. The van der Waals surface area contributed by atoms with Gasteiger partial charge in [0.15, 0.2) is 0 Å². The number of pyridine rings is 1. The van der Waals surface area contributed by atoms with Gasteiger partial charge in [0.05, 0.1) is 0 Å². The van der Waals surface area contributed by atoms with Gasteiger partial charge in [-0.1, -0.05) is 19.9 Å². The Labute approximate surface area is 100 Å². The monoisotopic (exact) mass is 240 g/mol. The molecule has 0 fully saturated rings. The zero-order valence-electron chi connectivity index (χ0n) is 10.3. The highest BCUT2D eigenvalue weighted by Crippen LogP contribution is 2.05. The van der Waals surface area contributed by atoms with Gasteiger partial charge < -0.3 is 5.32 Å². The fourth-order valence-corrected chi connectivity index (χ4v) is 1.38. The molecule has 0 aliphatic rings. The van der Waals surface area contributed by atoms with Gasteiger partial charge in [0.1, 0.15) is 0 Å². The summed E-state index contributed by atoms with van der Waals surface area (Å²) in [6.07, 6.45) is 2.07. The summed E-state index contributed by atoms with van der Waals surface area (Å²) < 4.78 is 0. The van der Waals surface area contributed by atoms with Crippen molar-refractivity contribution in [1.82, 2.24) is 10.3 Å². The zero-order chi connectivity index (χ0) is 12.4. The smallest absolute Gasteiger partial charge is 0.220 e. The third-order valence-electron chi connectivity index (χ3n) is 1.96. The molecule has 1 amide bonds. The van der Waals surface area contributed by atoms with Crippen molar-refractivity contribution in [2.24, 2.45) is 0 Å². The summed E-state index contributed by atoms with van der Waals surface area (Å²) in [4.78, 5) is 15.4. The van der Waals surface area contributed by atoms with Crippen LogP contribution in [0.1, 0.15) is 31.7 Å². The lowest BCUT2D eigenvalue weighted by molar-refractivity contribution is -0.120. The van der Waals surface area contributed by atoms with Crippen LogP contribution in [-0.4, -0.2) is 17.9 Å². The molecule has 0 bridgehead atoms. The van der Waals surface area contributed by atoms with Crippen molar-refractivity contribution in [2.45, 2.75) is 32.9 Å². The predicted molar refractivity (Wildman–Crippen MR) is 71.4 cm³/mol. The number of aromatic nitrogens is 1. The van der Waals surface area contributed by atoms with Crippen molar-refractivity contribution >= 4 is 15.1 Å². The highest BCUT2D eigenvalue weighted by atomic mass is 31.0. The maximum absolute atomic E-state index is 11.0. The van der Waals surface area contributed by atoms with Crippen LogP contribution in [-0.2, 0) is 17.4 Å². The molecule has 0 spiro atoms. The highest BCUT2D eigenvalue weighted by molar-refractivity contribution is 7.15. The first-order chi connectivity index (χ1) is 7.76. The third-order valence-corrected chi connectivity index (χ3v) is 2.38. The second-order valence-corrected chi connectivity index (χ2v) is 3.41. The van der Waals surface area contributed by atoms with Crippen LogP contribution in [0.5, 0.6) is 0 Å². The Balaban J connectivity index is 0.00000106. The molecule has 0 radical (unpaired) electrons. The van der Waals surface area contributed by atoms with Crippen molar-refractivity contribution in [3.63, 3.8) is 0 Å². The first-order valence-electron chi connectivity index (χ1n) is 5.61. The number of carbonyl (C=O) groups excluding carboxylic acids is 1. The second kappa shape index (κ2) is 9.29. The molecular weight excluding hydrogens is 219 g/mol. The van der Waals surface area contributed by atoms with E-state index in [1.807, 2.05) is 32.0 Å². The van der Waals surface area contributed by atoms with E-state index in [2.05, 4.69) is 19.5 Å². The van der Waals surface area contributed by atoms with Crippen LogP contribution in [0.15, 0.2) is 18.2 Å². The van der Waals surface area contributed by atoms with E-state index in [0.717, 1.165) is 17.5 Å². The number of aryl methyl sites for hydroxylation is 1. The molecule has 1 aromatic heterocycles. The Morgan fingerprint density at radius 3 is 2.56 bits per heavy atom. The van der Waals surface area contributed by atoms with Gasteiger partial charge in [0.25, 0.3) is 0 Å². The van der Waals surface area contributed by atoms with E-state index in [1.54, 1.807) is 7.05 Å². The van der Waals surface area contributed by atoms with Crippen LogP contribution in [0.2, 0.25) is 0 Å². The molecule has 90 valence electrons. The van der Waals surface area contributed by atoms with Crippen molar-refractivity contribution < 1.29 is 4.79 Å². The van der Waals surface area contributed by atoms with E-state index in [-0.39, 0.29) is 5.91 Å². The molecule has 3 nitrogen and oxygen atoms in total. The van der Waals surface area contributed by atoms with Gasteiger partial charge in [0, 0.05) is 31.0 Å². The maximum atomic E-state index is 11.0. The molecule has 0 saturated heterocycles. The number of hydrogen-bond acceptors (Lipinski definition) is 2. The minimum Gasteiger partial charge on any atom is -0.359 e. The summed E-state index contributed by atoms with van der Waals surface area (Å²) in [5.41, 5.74) is 2.03. The van der Waals surface area contributed by atoms with Gasteiger partial charge in [-0.3, -0.25) is 9.78 Å². The van der Waals surface area contributed by atoms with Crippen molar-refractivity contribution in [2.75, 3.05) is 7.05 Å². The Hall–Kier alpha value is -0.950. The SMILES string of the molecule is CC.CNC(=O)CCc1cccc(CP)n1. The molecule has 0 aliphatic carbocycles. The molecular formula is C12H21N2OP. The van der Waals surface area contributed by atoms with Gasteiger partial charge in [-0.25, -0.2) is 0 Å². The van der Waals surface area contributed by atoms with E-state index in [0.29, 0.717) is 12.8 Å². The van der Waals surface area contributed by atoms with Crippen molar-refractivity contribution in [1.29, 1.82) is 0 Å². The van der Waals surface area contributed by atoms with Gasteiger partial charge in [-0.15, -0.1) is 9.24 Å². The Morgan fingerprint density at radius 1 is 1.38 bits per heavy atom. The van der Waals surface area contributed by atoms with Crippen LogP contribution in [0.3, 0.4) is 0 Å². The van der Waals surface area contributed by atoms with E-state index < -0.39 is 0 Å². The predicted octanol–water partition coefficient (Wildman–Crippen LogP) is 2.16. The van der Waals surface area contributed by atoms with Crippen molar-refractivity contribution in [3.05, 3.63) is 29.6 Å². The van der Waals surface area contributed by atoms with E-state index in [4.69, 9.17) is 0 Å². The van der Waals surface area contributed by atoms with Crippen LogP contribution in [0.4, 0.5) is 0 Å². The molecule has 1 rings (SSSR count). The number of nitrogens with zero attached hydrogens (tertiary/aromatic N) is 1. The van der Waals surface area contributed by atoms with Gasteiger partial charge in [-0.05, 0) is 18.6 Å². The lowest BCUT2D eigenvalue weighted by Gasteiger charge is -2.02. The van der Waals surface area contributed by atoms with Gasteiger partial charge in [-0.2, -0.15) is 0 Å². The van der Waals surface area contributed by atoms with Gasteiger partial charge in [0.2, 0.25) is 5.91 Å². The topological polar surface area (TPSA) is 42.0 Å². The summed E-state index contributed by atoms with van der Waals surface area (Å²) >= 11 is 0. The molecule has 0 aromatic carbocycles. The fourth-order valence-electron chi connectivity index (χ4n) is 1.15. The molecule has 4 heteroatoms. The molecule has 0 aliphatic heterocycles. The fraction of sp³-hybridized carbons (Fsp3) is 0.500. The summed E-state index contributed by atoms with van der Waals surface area (Å²) in [7, 11) is 4.29. The summed E-state index contributed by atoms with van der Waals surface area (Å²) in [5, 5.41) is 2.59. The van der Waals surface area contributed by atoms with Crippen LogP contribution < -0.4 is 5.32 Å². The molecule has 16 heavy (non-hydrogen) atoms. The summed E-state index contributed by atoms with van der Waals surface area (Å²) in [6, 6.07) is 5.91. The van der Waals surface area contributed by atoms with Gasteiger partial charge >= 0.3 is 0 Å². The number of nitrogens with one attached hydrogen (secondary N) is 1. The summed E-state index contributed by atoms with van der Waals surface area (Å²) in [5.74, 6) is 0.0584. The van der Waals surface area contributed by atoms with Crippen molar-refractivity contribution in [3.8, 4) is 0 Å². The van der Waals surface area contributed by atoms with E-state index >= 15 is 0 Å². The Morgan fingerprint density at radius 2 is 2.00 bits per heavy atom. The lowest BCUT2D eigenvalue weighted by Crippen LogP contribution is -2.18. The standard InChI is InChI=1S/C10H15N2OP.C2H6/c1-11-10(13)6-5-8-3-2-4-9(7-14)12-8;1-2/h2-4H,5-7,14H2,1H3,(H,11,13);1-2H3. The summed E-state index contributed by atoms with van der Waals surface area (Å²) in [6.45, 7) is 4.00. The molecule has 0 saturated carbocycles. The first-order valence-corrected chi connectivity index (χ1v) is 6.43. The normalized spacial score (nSPS) is 9.00. The number of hydrogen-bond donors (Lipinski definition) is 1. The molecule has 1 atom stereocenters. The quantitative estimate of drug-likeness (QED) is 0.819. The zero-order valence-corrected chi connectivity index (χ0v) is 11.4. The second-order valence-electron chi connectivity index (χ2n) is 3.00. The number of rotatable bonds is 4. The molecule has 1 unspecified atom stereocenters. The van der Waals surface area contributed by atoms with Crippen LogP contribution in [0, 0.1) is 0 Å². The average molecular weight is 240 g/mol. The van der Waals surface area contributed by atoms with E-state index in [1.165, 1.54) is 0 Å². The number of carbonyl (C=O) groups is 1. The maximum Gasteiger partial charge on any atom is 0.220 e. The Kier molecular flexibility index (Phi) is 8.74. The van der Waals surface area contributed by atoms with Crippen LogP contribution in [0.25, 0.3) is 0 Å². The average Bonchev–Trinajstić information content (AvgIpc) is 2.38. The number of amides is 1. The molecule has 1 N–H and O–H groups in total. The molecule has 1 aromatic rings. The minimum atomic E-state index is 0.0584. The van der Waals surface area contributed by atoms with Crippen LogP contribution >= 0.6 is 9.24 Å². The Bertz CT molecular complexity index is 316. The minimum absolute atomic E-state index is 0.0584.